The summed E-state index contributed by atoms with van der Waals surface area (Å²) in [5.74, 6) is 1.04. The lowest BCUT2D eigenvalue weighted by Gasteiger charge is -2.41. The van der Waals surface area contributed by atoms with Crippen LogP contribution in [-0.4, -0.2) is 37.1 Å². The summed E-state index contributed by atoms with van der Waals surface area (Å²) >= 11 is 0. The molecule has 2 rings (SSSR count). The van der Waals surface area contributed by atoms with Crippen LogP contribution < -0.4 is 5.32 Å². The molecule has 2 nitrogen and oxygen atoms in total. The van der Waals surface area contributed by atoms with Gasteiger partial charge in [-0.3, -0.25) is 4.90 Å². The van der Waals surface area contributed by atoms with Crippen molar-refractivity contribution in [2.45, 2.75) is 64.0 Å². The van der Waals surface area contributed by atoms with E-state index in [9.17, 15) is 0 Å². The third-order valence-corrected chi connectivity index (χ3v) is 4.41. The Kier molecular flexibility index (Phi) is 4.66. The number of nitrogens with zero attached hydrogens (tertiary/aromatic N) is 1. The normalized spacial score (nSPS) is 29.2. The minimum absolute atomic E-state index is 0.867. The summed E-state index contributed by atoms with van der Waals surface area (Å²) in [4.78, 5) is 2.86. The Morgan fingerprint density at radius 2 is 2.06 bits per heavy atom. The minimum atomic E-state index is 0.867. The number of nitrogens with one attached hydrogen (secondary N) is 1. The molecule has 0 amide bonds. The molecule has 2 atom stereocenters. The monoisotopic (exact) mass is 224 g/mol. The van der Waals surface area contributed by atoms with Crippen LogP contribution in [0.2, 0.25) is 0 Å². The van der Waals surface area contributed by atoms with Gasteiger partial charge in [-0.15, -0.1) is 0 Å². The Morgan fingerprint density at radius 3 is 2.69 bits per heavy atom. The predicted molar refractivity (Wildman–Crippen MR) is 69.7 cm³/mol. The van der Waals surface area contributed by atoms with Crippen molar-refractivity contribution in [3.05, 3.63) is 0 Å². The maximum Gasteiger partial charge on any atom is 0.0124 e. The first kappa shape index (κ1) is 12.4. The molecule has 0 radical (unpaired) electrons. The van der Waals surface area contributed by atoms with Crippen molar-refractivity contribution in [1.29, 1.82) is 0 Å². The average Bonchev–Trinajstić information content (AvgIpc) is 3.13. The first-order valence-electron chi connectivity index (χ1n) is 7.27. The zero-order valence-corrected chi connectivity index (χ0v) is 11.0. The van der Waals surface area contributed by atoms with Gasteiger partial charge in [0, 0.05) is 12.1 Å². The highest BCUT2D eigenvalue weighted by Gasteiger charge is 2.37. The van der Waals surface area contributed by atoms with E-state index in [1.54, 1.807) is 0 Å². The lowest BCUT2D eigenvalue weighted by Crippen LogP contribution is -2.47. The first-order chi connectivity index (χ1) is 7.86. The van der Waals surface area contributed by atoms with E-state index in [2.05, 4.69) is 24.2 Å². The Balaban J connectivity index is 1.91. The predicted octanol–water partition coefficient (Wildman–Crippen LogP) is 2.64. The fourth-order valence-electron chi connectivity index (χ4n) is 3.40. The minimum Gasteiger partial charge on any atom is -0.320 e. The van der Waals surface area contributed by atoms with Gasteiger partial charge in [-0.05, 0) is 64.6 Å². The van der Waals surface area contributed by atoms with Crippen molar-refractivity contribution in [2.75, 3.05) is 20.1 Å². The van der Waals surface area contributed by atoms with E-state index in [-0.39, 0.29) is 0 Å². The van der Waals surface area contributed by atoms with Crippen molar-refractivity contribution in [2.24, 2.45) is 5.92 Å². The van der Waals surface area contributed by atoms with Gasteiger partial charge in [0.25, 0.3) is 0 Å². The molecule has 1 saturated heterocycles. The molecule has 1 aliphatic carbocycles. The molecule has 1 aliphatic heterocycles. The van der Waals surface area contributed by atoms with Gasteiger partial charge in [-0.2, -0.15) is 0 Å². The number of hydrogen-bond acceptors (Lipinski definition) is 2. The molecule has 0 bridgehead atoms. The fraction of sp³-hybridized carbons (Fsp3) is 1.00. The second-order valence-electron chi connectivity index (χ2n) is 5.59. The van der Waals surface area contributed by atoms with Crippen LogP contribution in [0.1, 0.15) is 51.9 Å². The standard InChI is InChI=1S/C14H28N2/c1-3-14(12-7-8-12)16-11-5-4-6-13(16)9-10-15-2/h12-15H,3-11H2,1-2H3. The van der Waals surface area contributed by atoms with Crippen LogP contribution in [-0.2, 0) is 0 Å². The largest absolute Gasteiger partial charge is 0.320 e. The van der Waals surface area contributed by atoms with Gasteiger partial charge in [0.15, 0.2) is 0 Å². The molecule has 2 heteroatoms. The maximum absolute atomic E-state index is 3.31. The SMILES string of the molecule is CCC(C1CC1)N1CCCCC1CCNC. The molecule has 1 N–H and O–H groups in total. The van der Waals surface area contributed by atoms with Crippen molar-refractivity contribution in [1.82, 2.24) is 10.2 Å². The van der Waals surface area contributed by atoms with Gasteiger partial charge in [-0.1, -0.05) is 13.3 Å². The number of rotatable bonds is 6. The van der Waals surface area contributed by atoms with Gasteiger partial charge >= 0.3 is 0 Å². The molecule has 2 aliphatic rings. The van der Waals surface area contributed by atoms with E-state index in [4.69, 9.17) is 0 Å². The second kappa shape index (κ2) is 6.02. The zero-order valence-electron chi connectivity index (χ0n) is 11.0. The van der Waals surface area contributed by atoms with E-state index >= 15 is 0 Å². The fourth-order valence-corrected chi connectivity index (χ4v) is 3.40. The molecular weight excluding hydrogens is 196 g/mol. The van der Waals surface area contributed by atoms with Gasteiger partial charge in [0.05, 0.1) is 0 Å². The van der Waals surface area contributed by atoms with Crippen molar-refractivity contribution in [3.8, 4) is 0 Å². The molecule has 0 aromatic rings. The molecule has 16 heavy (non-hydrogen) atoms. The number of hydrogen-bond donors (Lipinski definition) is 1. The molecule has 0 aromatic heterocycles. The molecule has 1 heterocycles. The highest BCUT2D eigenvalue weighted by molar-refractivity contribution is 4.91. The molecule has 2 unspecified atom stereocenters. The molecule has 2 fully saturated rings. The summed E-state index contributed by atoms with van der Waals surface area (Å²) in [6.07, 6.45) is 10.0. The highest BCUT2D eigenvalue weighted by Crippen LogP contribution is 2.39. The second-order valence-corrected chi connectivity index (χ2v) is 5.59. The summed E-state index contributed by atoms with van der Waals surface area (Å²) < 4.78 is 0. The van der Waals surface area contributed by atoms with Crippen LogP contribution in [0.5, 0.6) is 0 Å². The highest BCUT2D eigenvalue weighted by atomic mass is 15.2. The third kappa shape index (κ3) is 2.98. The Labute approximate surface area is 101 Å². The van der Waals surface area contributed by atoms with Crippen LogP contribution in [0, 0.1) is 5.92 Å². The summed E-state index contributed by atoms with van der Waals surface area (Å²) in [6, 6.07) is 1.77. The third-order valence-electron chi connectivity index (χ3n) is 4.41. The van der Waals surface area contributed by atoms with E-state index < -0.39 is 0 Å². The van der Waals surface area contributed by atoms with Crippen LogP contribution in [0.15, 0.2) is 0 Å². The van der Waals surface area contributed by atoms with Crippen molar-refractivity contribution >= 4 is 0 Å². The van der Waals surface area contributed by atoms with Crippen molar-refractivity contribution in [3.63, 3.8) is 0 Å². The van der Waals surface area contributed by atoms with E-state index in [0.29, 0.717) is 0 Å². The Morgan fingerprint density at radius 1 is 1.25 bits per heavy atom. The van der Waals surface area contributed by atoms with Crippen LogP contribution in [0.4, 0.5) is 0 Å². The van der Waals surface area contributed by atoms with E-state index in [0.717, 1.165) is 18.0 Å². The molecule has 1 saturated carbocycles. The average molecular weight is 224 g/mol. The topological polar surface area (TPSA) is 15.3 Å². The molecular formula is C14H28N2. The maximum atomic E-state index is 3.31. The van der Waals surface area contributed by atoms with E-state index in [1.165, 1.54) is 58.0 Å². The van der Waals surface area contributed by atoms with Crippen LogP contribution >= 0.6 is 0 Å². The van der Waals surface area contributed by atoms with Gasteiger partial charge in [0.1, 0.15) is 0 Å². The smallest absolute Gasteiger partial charge is 0.0124 e. The lowest BCUT2D eigenvalue weighted by atomic mass is 9.94. The Bertz CT molecular complexity index is 201. The van der Waals surface area contributed by atoms with Gasteiger partial charge in [-0.25, -0.2) is 0 Å². The van der Waals surface area contributed by atoms with Crippen molar-refractivity contribution < 1.29 is 0 Å². The van der Waals surface area contributed by atoms with Crippen LogP contribution in [0.25, 0.3) is 0 Å². The van der Waals surface area contributed by atoms with E-state index in [1.807, 2.05) is 0 Å². The van der Waals surface area contributed by atoms with Gasteiger partial charge < -0.3 is 5.32 Å². The summed E-state index contributed by atoms with van der Waals surface area (Å²) in [5.41, 5.74) is 0. The summed E-state index contributed by atoms with van der Waals surface area (Å²) in [7, 11) is 2.07. The molecule has 0 spiro atoms. The quantitative estimate of drug-likeness (QED) is 0.746. The van der Waals surface area contributed by atoms with Crippen LogP contribution in [0.3, 0.4) is 0 Å². The Hall–Kier alpha value is -0.0800. The molecule has 94 valence electrons. The lowest BCUT2D eigenvalue weighted by molar-refractivity contribution is 0.0748. The first-order valence-corrected chi connectivity index (χ1v) is 7.27. The zero-order chi connectivity index (χ0) is 11.4. The number of likely N-dealkylation sites (tertiary alicyclic amines) is 1. The van der Waals surface area contributed by atoms with Gasteiger partial charge in [0.2, 0.25) is 0 Å². The summed E-state index contributed by atoms with van der Waals surface area (Å²) in [5, 5.41) is 3.31. The number of piperidine rings is 1. The molecule has 0 aromatic carbocycles. The summed E-state index contributed by atoms with van der Waals surface area (Å²) in [6.45, 7) is 4.93.